The number of benzene rings is 2. The van der Waals surface area contributed by atoms with Crippen LogP contribution in [0.25, 0.3) is 11.4 Å². The lowest BCUT2D eigenvalue weighted by atomic mass is 10.2. The number of rotatable bonds is 6. The summed E-state index contributed by atoms with van der Waals surface area (Å²) >= 11 is 1.57. The van der Waals surface area contributed by atoms with Crippen LogP contribution in [0, 0.1) is 12.7 Å². The molecular formula is C22H20FN3OS. The standard InChI is InChI=1S/C22H20FN3OS/c1-15-20(11-12-27-15)21-24-25-22(26(21)14-17-7-4-3-5-8-17)28-16(2)18-9-6-10-19(23)13-18/h3-13,16H,14H2,1-2H3. The number of hydrogen-bond acceptors (Lipinski definition) is 4. The molecule has 0 N–H and O–H groups in total. The molecule has 2 aromatic heterocycles. The summed E-state index contributed by atoms with van der Waals surface area (Å²) in [7, 11) is 0. The summed E-state index contributed by atoms with van der Waals surface area (Å²) in [6.45, 7) is 4.61. The summed E-state index contributed by atoms with van der Waals surface area (Å²) in [4.78, 5) is 0. The number of aryl methyl sites for hydroxylation is 1. The van der Waals surface area contributed by atoms with Crippen LogP contribution in [0.2, 0.25) is 0 Å². The Morgan fingerprint density at radius 2 is 1.89 bits per heavy atom. The zero-order valence-electron chi connectivity index (χ0n) is 15.7. The Bertz CT molecular complexity index is 1070. The smallest absolute Gasteiger partial charge is 0.192 e. The van der Waals surface area contributed by atoms with Gasteiger partial charge in [0.2, 0.25) is 0 Å². The van der Waals surface area contributed by atoms with Crippen molar-refractivity contribution in [3.63, 3.8) is 0 Å². The minimum Gasteiger partial charge on any atom is -0.469 e. The Kier molecular flexibility index (Phi) is 5.30. The molecule has 0 saturated carbocycles. The minimum atomic E-state index is -0.231. The first-order valence-electron chi connectivity index (χ1n) is 9.05. The molecule has 1 atom stereocenters. The first-order chi connectivity index (χ1) is 13.6. The van der Waals surface area contributed by atoms with Gasteiger partial charge in [0.05, 0.1) is 18.4 Å². The highest BCUT2D eigenvalue weighted by molar-refractivity contribution is 7.99. The van der Waals surface area contributed by atoms with Crippen molar-refractivity contribution in [1.82, 2.24) is 14.8 Å². The van der Waals surface area contributed by atoms with Crippen molar-refractivity contribution in [3.05, 3.63) is 89.6 Å². The van der Waals surface area contributed by atoms with E-state index in [0.29, 0.717) is 6.54 Å². The van der Waals surface area contributed by atoms with Crippen LogP contribution in [0.4, 0.5) is 4.39 Å². The molecule has 0 aliphatic rings. The van der Waals surface area contributed by atoms with Gasteiger partial charge in [-0.3, -0.25) is 4.57 Å². The average Bonchev–Trinajstić information content (AvgIpc) is 3.29. The van der Waals surface area contributed by atoms with Gasteiger partial charge < -0.3 is 4.42 Å². The number of aromatic nitrogens is 3. The zero-order chi connectivity index (χ0) is 19.5. The van der Waals surface area contributed by atoms with Crippen LogP contribution in [0.5, 0.6) is 0 Å². The quantitative estimate of drug-likeness (QED) is 0.383. The Balaban J connectivity index is 1.70. The van der Waals surface area contributed by atoms with Crippen molar-refractivity contribution in [2.24, 2.45) is 0 Å². The second-order valence-corrected chi connectivity index (χ2v) is 7.89. The second kappa shape index (κ2) is 8.02. The van der Waals surface area contributed by atoms with E-state index in [1.54, 1.807) is 30.2 Å². The van der Waals surface area contributed by atoms with Crippen LogP contribution in [0.3, 0.4) is 0 Å². The molecule has 1 unspecified atom stereocenters. The van der Waals surface area contributed by atoms with E-state index in [-0.39, 0.29) is 11.1 Å². The van der Waals surface area contributed by atoms with Crippen molar-refractivity contribution in [2.45, 2.75) is 30.8 Å². The number of nitrogens with zero attached hydrogens (tertiary/aromatic N) is 3. The van der Waals surface area contributed by atoms with E-state index in [1.807, 2.05) is 44.2 Å². The molecule has 0 radical (unpaired) electrons. The summed E-state index contributed by atoms with van der Waals surface area (Å²) < 4.78 is 21.2. The molecule has 4 aromatic rings. The summed E-state index contributed by atoms with van der Waals surface area (Å²) in [6, 6.07) is 18.8. The normalized spacial score (nSPS) is 12.2. The first-order valence-corrected chi connectivity index (χ1v) is 9.93. The SMILES string of the molecule is Cc1occc1-c1nnc(SC(C)c2cccc(F)c2)n1Cc1ccccc1. The number of thioether (sulfide) groups is 1. The summed E-state index contributed by atoms with van der Waals surface area (Å²) in [5.41, 5.74) is 3.00. The lowest BCUT2D eigenvalue weighted by Crippen LogP contribution is -2.05. The van der Waals surface area contributed by atoms with Gasteiger partial charge in [-0.1, -0.05) is 54.2 Å². The molecule has 0 amide bonds. The second-order valence-electron chi connectivity index (χ2n) is 6.58. The number of hydrogen-bond donors (Lipinski definition) is 0. The third kappa shape index (κ3) is 3.87. The van der Waals surface area contributed by atoms with Gasteiger partial charge in [0, 0.05) is 5.25 Å². The molecule has 28 heavy (non-hydrogen) atoms. The van der Waals surface area contributed by atoms with Gasteiger partial charge in [-0.2, -0.15) is 0 Å². The van der Waals surface area contributed by atoms with Gasteiger partial charge >= 0.3 is 0 Å². The van der Waals surface area contributed by atoms with E-state index < -0.39 is 0 Å². The van der Waals surface area contributed by atoms with Gasteiger partial charge in [-0.15, -0.1) is 10.2 Å². The molecule has 0 aliphatic heterocycles. The Morgan fingerprint density at radius 1 is 1.07 bits per heavy atom. The fraction of sp³-hybridized carbons (Fsp3) is 0.182. The van der Waals surface area contributed by atoms with Crippen LogP contribution in [-0.2, 0) is 6.54 Å². The predicted octanol–water partition coefficient (Wildman–Crippen LogP) is 5.89. The molecule has 0 bridgehead atoms. The van der Waals surface area contributed by atoms with E-state index in [0.717, 1.165) is 33.4 Å². The Labute approximate surface area is 167 Å². The third-order valence-electron chi connectivity index (χ3n) is 4.60. The van der Waals surface area contributed by atoms with E-state index >= 15 is 0 Å². The van der Waals surface area contributed by atoms with Crippen LogP contribution >= 0.6 is 11.8 Å². The van der Waals surface area contributed by atoms with Crippen LogP contribution in [-0.4, -0.2) is 14.8 Å². The maximum absolute atomic E-state index is 13.6. The lowest BCUT2D eigenvalue weighted by molar-refractivity contribution is 0.534. The largest absolute Gasteiger partial charge is 0.469 e. The fourth-order valence-electron chi connectivity index (χ4n) is 3.09. The van der Waals surface area contributed by atoms with Crippen LogP contribution in [0.15, 0.2) is 76.5 Å². The maximum Gasteiger partial charge on any atom is 0.192 e. The molecular weight excluding hydrogens is 373 g/mol. The topological polar surface area (TPSA) is 43.9 Å². The number of halogens is 1. The molecule has 2 aromatic carbocycles. The predicted molar refractivity (Wildman–Crippen MR) is 109 cm³/mol. The average molecular weight is 393 g/mol. The molecule has 0 saturated heterocycles. The van der Waals surface area contributed by atoms with E-state index in [2.05, 4.69) is 26.9 Å². The highest BCUT2D eigenvalue weighted by atomic mass is 32.2. The Hall–Kier alpha value is -2.86. The zero-order valence-corrected chi connectivity index (χ0v) is 16.5. The van der Waals surface area contributed by atoms with E-state index in [9.17, 15) is 4.39 Å². The van der Waals surface area contributed by atoms with Crippen LogP contribution in [0.1, 0.15) is 29.1 Å². The first kappa shape index (κ1) is 18.5. The highest BCUT2D eigenvalue weighted by Gasteiger charge is 2.20. The van der Waals surface area contributed by atoms with Gasteiger partial charge in [-0.25, -0.2) is 4.39 Å². The summed E-state index contributed by atoms with van der Waals surface area (Å²) in [5, 5.41) is 9.70. The van der Waals surface area contributed by atoms with Crippen molar-refractivity contribution in [1.29, 1.82) is 0 Å². The van der Waals surface area contributed by atoms with E-state index in [1.165, 1.54) is 6.07 Å². The highest BCUT2D eigenvalue weighted by Crippen LogP contribution is 2.36. The molecule has 6 heteroatoms. The van der Waals surface area contributed by atoms with E-state index in [4.69, 9.17) is 4.42 Å². The Morgan fingerprint density at radius 3 is 2.61 bits per heavy atom. The minimum absolute atomic E-state index is 0.0349. The van der Waals surface area contributed by atoms with Crippen LogP contribution < -0.4 is 0 Å². The number of furan rings is 1. The molecule has 4 rings (SSSR count). The molecule has 0 spiro atoms. The van der Waals surface area contributed by atoms with Gasteiger partial charge in [0.1, 0.15) is 11.6 Å². The molecule has 0 fully saturated rings. The lowest BCUT2D eigenvalue weighted by Gasteiger charge is -2.14. The third-order valence-corrected chi connectivity index (χ3v) is 5.74. The maximum atomic E-state index is 13.6. The van der Waals surface area contributed by atoms with Crippen molar-refractivity contribution in [2.75, 3.05) is 0 Å². The molecule has 2 heterocycles. The fourth-order valence-corrected chi connectivity index (χ4v) is 4.05. The molecule has 4 nitrogen and oxygen atoms in total. The summed E-state index contributed by atoms with van der Waals surface area (Å²) in [5.74, 6) is 1.34. The van der Waals surface area contributed by atoms with Crippen molar-refractivity contribution in [3.8, 4) is 11.4 Å². The monoisotopic (exact) mass is 393 g/mol. The van der Waals surface area contributed by atoms with Gasteiger partial charge in [0.15, 0.2) is 11.0 Å². The van der Waals surface area contributed by atoms with Gasteiger partial charge in [0.25, 0.3) is 0 Å². The summed E-state index contributed by atoms with van der Waals surface area (Å²) in [6.07, 6.45) is 1.66. The molecule has 142 valence electrons. The van der Waals surface area contributed by atoms with Crippen molar-refractivity contribution >= 4 is 11.8 Å². The van der Waals surface area contributed by atoms with Crippen molar-refractivity contribution < 1.29 is 8.81 Å². The molecule has 0 aliphatic carbocycles. The van der Waals surface area contributed by atoms with Gasteiger partial charge in [-0.05, 0) is 43.2 Å².